The maximum Gasteiger partial charge on any atom is 0.352 e. The lowest BCUT2D eigenvalue weighted by Crippen LogP contribution is -2.34. The van der Waals surface area contributed by atoms with Crippen LogP contribution in [0.15, 0.2) is 47.6 Å². The first kappa shape index (κ1) is 15.2. The van der Waals surface area contributed by atoms with Crippen molar-refractivity contribution >= 4 is 33.2 Å². The third kappa shape index (κ3) is 3.07. The summed E-state index contributed by atoms with van der Waals surface area (Å²) >= 11 is 0. The van der Waals surface area contributed by atoms with E-state index in [9.17, 15) is 18.0 Å². The van der Waals surface area contributed by atoms with Gasteiger partial charge in [-0.25, -0.2) is 13.2 Å². The van der Waals surface area contributed by atoms with Crippen molar-refractivity contribution in [1.29, 1.82) is 0 Å². The minimum absolute atomic E-state index is 0.116. The Kier molecular flexibility index (Phi) is 3.61. The maximum atomic E-state index is 12.2. The van der Waals surface area contributed by atoms with Gasteiger partial charge in [0.15, 0.2) is 0 Å². The SMILES string of the molecule is Cc1ccc(NS(=O)(=O)CC2=NC(=O)n3cccc3C2=O)cc1. The molecule has 0 saturated heterocycles. The molecule has 0 aliphatic carbocycles. The van der Waals surface area contributed by atoms with E-state index in [0.29, 0.717) is 5.69 Å². The molecule has 0 unspecified atom stereocenters. The van der Waals surface area contributed by atoms with E-state index in [-0.39, 0.29) is 11.4 Å². The number of nitrogens with zero attached hydrogens (tertiary/aromatic N) is 2. The number of anilines is 1. The summed E-state index contributed by atoms with van der Waals surface area (Å²) in [4.78, 5) is 27.6. The number of amides is 1. The molecule has 0 saturated carbocycles. The van der Waals surface area contributed by atoms with Gasteiger partial charge in [-0.3, -0.25) is 14.1 Å². The van der Waals surface area contributed by atoms with Crippen LogP contribution in [0.3, 0.4) is 0 Å². The molecule has 2 aromatic rings. The number of aromatic nitrogens is 1. The first-order valence-corrected chi connectivity index (χ1v) is 8.42. The van der Waals surface area contributed by atoms with Crippen molar-refractivity contribution in [2.75, 3.05) is 10.5 Å². The first-order valence-electron chi connectivity index (χ1n) is 6.77. The molecule has 7 nitrogen and oxygen atoms in total. The molecule has 0 bridgehead atoms. The Bertz CT molecular complexity index is 924. The summed E-state index contributed by atoms with van der Waals surface area (Å²) in [5.41, 5.74) is 1.20. The van der Waals surface area contributed by atoms with Gasteiger partial charge in [0.2, 0.25) is 15.8 Å². The minimum atomic E-state index is -3.85. The summed E-state index contributed by atoms with van der Waals surface area (Å²) in [7, 11) is -3.85. The number of hydrogen-bond acceptors (Lipinski definition) is 4. The quantitative estimate of drug-likeness (QED) is 0.924. The summed E-state index contributed by atoms with van der Waals surface area (Å²) in [5.74, 6) is -1.22. The Balaban J connectivity index is 1.82. The van der Waals surface area contributed by atoms with Crippen LogP contribution in [0.4, 0.5) is 10.5 Å². The highest BCUT2D eigenvalue weighted by molar-refractivity contribution is 7.93. The maximum absolute atomic E-state index is 12.2. The standard InChI is InChI=1S/C15H13N3O4S/c1-10-4-6-11(7-5-10)17-23(21,22)9-12-14(19)13-3-2-8-18(13)15(20)16-12/h2-8,17H,9H2,1H3. The lowest BCUT2D eigenvalue weighted by molar-refractivity contribution is 0.105. The first-order chi connectivity index (χ1) is 10.9. The number of aliphatic imine (C=N–C) groups is 1. The van der Waals surface area contributed by atoms with Crippen molar-refractivity contribution in [1.82, 2.24) is 4.57 Å². The average Bonchev–Trinajstić information content (AvgIpc) is 2.97. The van der Waals surface area contributed by atoms with Gasteiger partial charge in [0.25, 0.3) is 0 Å². The second-order valence-corrected chi connectivity index (χ2v) is 6.88. The summed E-state index contributed by atoms with van der Waals surface area (Å²) in [6, 6.07) is 9.07. The topological polar surface area (TPSA) is 97.6 Å². The van der Waals surface area contributed by atoms with Crippen LogP contribution < -0.4 is 4.72 Å². The van der Waals surface area contributed by atoms with E-state index in [1.807, 2.05) is 6.92 Å². The van der Waals surface area contributed by atoms with Gasteiger partial charge in [-0.1, -0.05) is 17.7 Å². The Morgan fingerprint density at radius 2 is 1.83 bits per heavy atom. The zero-order valence-corrected chi connectivity index (χ0v) is 13.0. The average molecular weight is 331 g/mol. The van der Waals surface area contributed by atoms with Crippen LogP contribution in [0.25, 0.3) is 0 Å². The van der Waals surface area contributed by atoms with Crippen molar-refractivity contribution in [2.24, 2.45) is 4.99 Å². The summed E-state index contributed by atoms with van der Waals surface area (Å²) in [5, 5.41) is 0. The van der Waals surface area contributed by atoms with Gasteiger partial charge < -0.3 is 0 Å². The van der Waals surface area contributed by atoms with Gasteiger partial charge in [0, 0.05) is 11.9 Å². The van der Waals surface area contributed by atoms with Crippen LogP contribution in [-0.4, -0.2) is 36.3 Å². The molecule has 2 heterocycles. The summed E-state index contributed by atoms with van der Waals surface area (Å²) in [6.07, 6.45) is 1.41. The fraction of sp³-hybridized carbons (Fsp3) is 0.133. The molecule has 118 valence electrons. The van der Waals surface area contributed by atoms with E-state index >= 15 is 0 Å². The highest BCUT2D eigenvalue weighted by Gasteiger charge is 2.29. The lowest BCUT2D eigenvalue weighted by Gasteiger charge is -2.14. The third-order valence-electron chi connectivity index (χ3n) is 3.33. The zero-order valence-electron chi connectivity index (χ0n) is 12.2. The number of hydrogen-bond donors (Lipinski definition) is 1. The van der Waals surface area contributed by atoms with E-state index in [4.69, 9.17) is 0 Å². The van der Waals surface area contributed by atoms with Crippen LogP contribution in [0.2, 0.25) is 0 Å². The van der Waals surface area contributed by atoms with Gasteiger partial charge in [0.05, 0.1) is 5.69 Å². The van der Waals surface area contributed by atoms with Crippen molar-refractivity contribution in [3.05, 3.63) is 53.9 Å². The van der Waals surface area contributed by atoms with Gasteiger partial charge in [-0.15, -0.1) is 0 Å². The van der Waals surface area contributed by atoms with Gasteiger partial charge in [-0.05, 0) is 31.2 Å². The number of aryl methyl sites for hydroxylation is 1. The molecule has 0 fully saturated rings. The molecule has 1 aromatic heterocycles. The predicted octanol–water partition coefficient (Wildman–Crippen LogP) is 1.84. The van der Waals surface area contributed by atoms with E-state index in [1.165, 1.54) is 18.3 Å². The molecule has 1 aromatic carbocycles. The van der Waals surface area contributed by atoms with Crippen LogP contribution in [0.5, 0.6) is 0 Å². The number of ketones is 1. The number of sulfonamides is 1. The molecule has 1 aliphatic heterocycles. The summed E-state index contributed by atoms with van der Waals surface area (Å²) < 4.78 is 27.8. The number of nitrogens with one attached hydrogen (secondary N) is 1. The smallest absolute Gasteiger partial charge is 0.285 e. The Labute approximate surface area is 132 Å². The number of fused-ring (bicyclic) bond motifs is 1. The van der Waals surface area contributed by atoms with Crippen LogP contribution >= 0.6 is 0 Å². The molecule has 3 rings (SSSR count). The molecule has 23 heavy (non-hydrogen) atoms. The Morgan fingerprint density at radius 3 is 2.52 bits per heavy atom. The monoisotopic (exact) mass is 331 g/mol. The van der Waals surface area contributed by atoms with E-state index in [0.717, 1.165) is 10.1 Å². The molecule has 1 amide bonds. The highest BCUT2D eigenvalue weighted by Crippen LogP contribution is 2.14. The molecular weight excluding hydrogens is 318 g/mol. The molecular formula is C15H13N3O4S. The van der Waals surface area contributed by atoms with Crippen molar-refractivity contribution in [2.45, 2.75) is 6.92 Å². The molecule has 8 heteroatoms. The Morgan fingerprint density at radius 1 is 1.13 bits per heavy atom. The number of benzene rings is 1. The Hall–Kier alpha value is -2.74. The van der Waals surface area contributed by atoms with E-state index < -0.39 is 27.6 Å². The number of carbonyl (C=O) groups is 2. The number of carbonyl (C=O) groups excluding carboxylic acids is 2. The number of rotatable bonds is 4. The lowest BCUT2D eigenvalue weighted by atomic mass is 10.2. The zero-order chi connectivity index (χ0) is 16.6. The van der Waals surface area contributed by atoms with Gasteiger partial charge >= 0.3 is 6.03 Å². The molecule has 0 atom stereocenters. The molecule has 0 spiro atoms. The second-order valence-electron chi connectivity index (χ2n) is 5.16. The fourth-order valence-electron chi connectivity index (χ4n) is 2.22. The largest absolute Gasteiger partial charge is 0.352 e. The molecule has 0 radical (unpaired) electrons. The fourth-order valence-corrected chi connectivity index (χ4v) is 3.34. The van der Waals surface area contributed by atoms with Gasteiger partial charge in [0.1, 0.15) is 11.5 Å². The minimum Gasteiger partial charge on any atom is -0.285 e. The predicted molar refractivity (Wildman–Crippen MR) is 85.6 cm³/mol. The number of Topliss-reactive ketones (excluding diaryl/α,β-unsaturated/α-hetero) is 1. The highest BCUT2D eigenvalue weighted by atomic mass is 32.2. The van der Waals surface area contributed by atoms with Gasteiger partial charge in [-0.2, -0.15) is 4.99 Å². The van der Waals surface area contributed by atoms with Crippen molar-refractivity contribution in [3.63, 3.8) is 0 Å². The van der Waals surface area contributed by atoms with Crippen molar-refractivity contribution in [3.8, 4) is 0 Å². The second kappa shape index (κ2) is 5.47. The van der Waals surface area contributed by atoms with Crippen LogP contribution in [0.1, 0.15) is 16.1 Å². The normalized spacial score (nSPS) is 14.4. The molecule has 1 aliphatic rings. The van der Waals surface area contributed by atoms with Crippen LogP contribution in [0, 0.1) is 6.92 Å². The third-order valence-corrected chi connectivity index (χ3v) is 4.53. The van der Waals surface area contributed by atoms with E-state index in [1.54, 1.807) is 24.3 Å². The van der Waals surface area contributed by atoms with Crippen molar-refractivity contribution < 1.29 is 18.0 Å². The molecule has 1 N–H and O–H groups in total. The summed E-state index contributed by atoms with van der Waals surface area (Å²) in [6.45, 7) is 1.88. The van der Waals surface area contributed by atoms with E-state index in [2.05, 4.69) is 9.71 Å². The van der Waals surface area contributed by atoms with Crippen LogP contribution in [-0.2, 0) is 10.0 Å².